The van der Waals surface area contributed by atoms with E-state index in [9.17, 15) is 9.59 Å². The molecule has 7 heteroatoms. The second kappa shape index (κ2) is 5.76. The van der Waals surface area contributed by atoms with E-state index >= 15 is 0 Å². The van der Waals surface area contributed by atoms with Crippen molar-refractivity contribution in [3.8, 4) is 11.5 Å². The average Bonchev–Trinajstić information content (AvgIpc) is 2.30. The summed E-state index contributed by atoms with van der Waals surface area (Å²) in [6.07, 6.45) is -0.893. The lowest BCUT2D eigenvalue weighted by Crippen LogP contribution is -2.42. The Labute approximate surface area is 104 Å². The Hall–Kier alpha value is -2.44. The van der Waals surface area contributed by atoms with Gasteiger partial charge in [0.25, 0.3) is 5.91 Å². The predicted octanol–water partition coefficient (Wildman–Crippen LogP) is 0.240. The molecule has 0 saturated heterocycles. The van der Waals surface area contributed by atoms with E-state index in [1.807, 2.05) is 5.32 Å². The van der Waals surface area contributed by atoms with Crippen LogP contribution in [0.2, 0.25) is 0 Å². The first kappa shape index (κ1) is 13.6. The van der Waals surface area contributed by atoms with Crippen molar-refractivity contribution in [3.63, 3.8) is 0 Å². The van der Waals surface area contributed by atoms with Gasteiger partial charge in [-0.1, -0.05) is 0 Å². The van der Waals surface area contributed by atoms with Gasteiger partial charge >= 0.3 is 6.03 Å². The van der Waals surface area contributed by atoms with Gasteiger partial charge in [0.05, 0.1) is 7.11 Å². The molecule has 1 rings (SSSR count). The minimum absolute atomic E-state index is 0.346. The molecular formula is C11H15N3O4. The lowest BCUT2D eigenvalue weighted by atomic mass is 10.2. The number of anilines is 1. The SMILES string of the molecule is COc1cc(N)ccc1OC(C)C(=O)NC(N)=O. The van der Waals surface area contributed by atoms with Gasteiger partial charge in [-0.25, -0.2) is 4.79 Å². The summed E-state index contributed by atoms with van der Waals surface area (Å²) >= 11 is 0. The maximum atomic E-state index is 11.4. The summed E-state index contributed by atoms with van der Waals surface area (Å²) in [7, 11) is 1.45. The molecule has 0 spiro atoms. The van der Waals surface area contributed by atoms with Crippen molar-refractivity contribution in [2.45, 2.75) is 13.0 Å². The maximum Gasteiger partial charge on any atom is 0.318 e. The van der Waals surface area contributed by atoms with Crippen LogP contribution in [0, 0.1) is 0 Å². The lowest BCUT2D eigenvalue weighted by Gasteiger charge is -2.16. The van der Waals surface area contributed by atoms with E-state index in [0.29, 0.717) is 17.2 Å². The van der Waals surface area contributed by atoms with E-state index in [0.717, 1.165) is 0 Å². The van der Waals surface area contributed by atoms with Gasteiger partial charge in [-0.15, -0.1) is 0 Å². The average molecular weight is 253 g/mol. The smallest absolute Gasteiger partial charge is 0.318 e. The number of urea groups is 1. The van der Waals surface area contributed by atoms with Crippen LogP contribution in [0.25, 0.3) is 0 Å². The molecule has 1 aromatic rings. The molecule has 5 N–H and O–H groups in total. The summed E-state index contributed by atoms with van der Waals surface area (Å²) in [5, 5.41) is 1.92. The number of nitrogens with one attached hydrogen (secondary N) is 1. The second-order valence-corrected chi connectivity index (χ2v) is 3.52. The first-order valence-electron chi connectivity index (χ1n) is 5.14. The van der Waals surface area contributed by atoms with E-state index in [1.165, 1.54) is 14.0 Å². The third-order valence-corrected chi connectivity index (χ3v) is 2.11. The van der Waals surface area contributed by atoms with Crippen molar-refractivity contribution in [1.29, 1.82) is 0 Å². The summed E-state index contributed by atoms with van der Waals surface area (Å²) in [4.78, 5) is 21.9. The Morgan fingerprint density at radius 3 is 2.56 bits per heavy atom. The molecule has 0 aliphatic heterocycles. The number of nitrogens with two attached hydrogens (primary N) is 2. The summed E-state index contributed by atoms with van der Waals surface area (Å²) in [6.45, 7) is 1.48. The largest absolute Gasteiger partial charge is 0.493 e. The van der Waals surface area contributed by atoms with Crippen molar-refractivity contribution < 1.29 is 19.1 Å². The second-order valence-electron chi connectivity index (χ2n) is 3.52. The number of amides is 3. The molecule has 18 heavy (non-hydrogen) atoms. The molecule has 1 unspecified atom stereocenters. The van der Waals surface area contributed by atoms with Crippen molar-refractivity contribution in [2.24, 2.45) is 5.73 Å². The van der Waals surface area contributed by atoms with Gasteiger partial charge in [0.1, 0.15) is 0 Å². The summed E-state index contributed by atoms with van der Waals surface area (Å²) < 4.78 is 10.4. The molecule has 0 aliphatic rings. The van der Waals surface area contributed by atoms with Crippen molar-refractivity contribution in [3.05, 3.63) is 18.2 Å². The molecule has 1 aromatic carbocycles. The Kier molecular flexibility index (Phi) is 4.36. The zero-order valence-electron chi connectivity index (χ0n) is 10.1. The standard InChI is InChI=1S/C11H15N3O4/c1-6(10(15)14-11(13)16)18-8-4-3-7(12)5-9(8)17-2/h3-6H,12H2,1-2H3,(H3,13,14,15,16). The number of carbonyl (C=O) groups is 2. The van der Waals surface area contributed by atoms with Crippen LogP contribution in [0.15, 0.2) is 18.2 Å². The number of primary amides is 1. The maximum absolute atomic E-state index is 11.4. The van der Waals surface area contributed by atoms with Gasteiger partial charge in [-0.05, 0) is 19.1 Å². The fourth-order valence-corrected chi connectivity index (χ4v) is 1.25. The molecule has 98 valence electrons. The monoisotopic (exact) mass is 253 g/mol. The van der Waals surface area contributed by atoms with E-state index in [-0.39, 0.29) is 0 Å². The topological polar surface area (TPSA) is 117 Å². The molecule has 0 saturated carbocycles. The fraction of sp³-hybridized carbons (Fsp3) is 0.273. The van der Waals surface area contributed by atoms with E-state index in [2.05, 4.69) is 0 Å². The van der Waals surface area contributed by atoms with Crippen LogP contribution in [0.1, 0.15) is 6.92 Å². The third-order valence-electron chi connectivity index (χ3n) is 2.11. The highest BCUT2D eigenvalue weighted by Gasteiger charge is 2.18. The first-order valence-corrected chi connectivity index (χ1v) is 5.14. The normalized spacial score (nSPS) is 11.4. The van der Waals surface area contributed by atoms with E-state index in [4.69, 9.17) is 20.9 Å². The van der Waals surface area contributed by atoms with Gasteiger partial charge in [0.2, 0.25) is 0 Å². The third kappa shape index (κ3) is 3.55. The van der Waals surface area contributed by atoms with Crippen molar-refractivity contribution >= 4 is 17.6 Å². The highest BCUT2D eigenvalue weighted by Crippen LogP contribution is 2.29. The number of nitrogen functional groups attached to an aromatic ring is 1. The number of imide groups is 1. The van der Waals surface area contributed by atoms with Gasteiger partial charge in [0.15, 0.2) is 17.6 Å². The van der Waals surface area contributed by atoms with Gasteiger partial charge < -0.3 is 20.9 Å². The van der Waals surface area contributed by atoms with Crippen molar-refractivity contribution in [1.82, 2.24) is 5.32 Å². The number of hydrogen-bond acceptors (Lipinski definition) is 5. The van der Waals surface area contributed by atoms with Crippen molar-refractivity contribution in [2.75, 3.05) is 12.8 Å². The molecule has 3 amide bonds. The minimum Gasteiger partial charge on any atom is -0.493 e. The number of hydrogen-bond donors (Lipinski definition) is 3. The molecule has 0 heterocycles. The van der Waals surface area contributed by atoms with Gasteiger partial charge in [-0.3, -0.25) is 10.1 Å². The van der Waals surface area contributed by atoms with Crippen LogP contribution in [-0.2, 0) is 4.79 Å². The quantitative estimate of drug-likeness (QED) is 0.664. The summed E-state index contributed by atoms with van der Waals surface area (Å²) in [5.74, 6) is 0.105. The molecule has 1 atom stereocenters. The molecule has 0 bridgehead atoms. The Morgan fingerprint density at radius 1 is 1.33 bits per heavy atom. The predicted molar refractivity (Wildman–Crippen MR) is 65.2 cm³/mol. The molecule has 0 fully saturated rings. The van der Waals surface area contributed by atoms with E-state index in [1.54, 1.807) is 18.2 Å². The molecule has 7 nitrogen and oxygen atoms in total. The Morgan fingerprint density at radius 2 is 2.00 bits per heavy atom. The Bertz CT molecular complexity index is 462. The highest BCUT2D eigenvalue weighted by molar-refractivity contribution is 5.95. The van der Waals surface area contributed by atoms with Crippen LogP contribution < -0.4 is 26.3 Å². The Balaban J connectivity index is 2.78. The van der Waals surface area contributed by atoms with E-state index < -0.39 is 18.0 Å². The highest BCUT2D eigenvalue weighted by atomic mass is 16.5. The first-order chi connectivity index (χ1) is 8.43. The van der Waals surface area contributed by atoms with Gasteiger partial charge in [-0.2, -0.15) is 0 Å². The van der Waals surface area contributed by atoms with Crippen LogP contribution in [0.4, 0.5) is 10.5 Å². The van der Waals surface area contributed by atoms with Gasteiger partial charge in [0, 0.05) is 11.8 Å². The zero-order chi connectivity index (χ0) is 13.7. The number of methoxy groups -OCH3 is 1. The van der Waals surface area contributed by atoms with Crippen LogP contribution >= 0.6 is 0 Å². The molecule has 0 aromatic heterocycles. The summed E-state index contributed by atoms with van der Waals surface area (Å²) in [6, 6.07) is 3.81. The number of rotatable bonds is 4. The molecule has 0 aliphatic carbocycles. The number of ether oxygens (including phenoxy) is 2. The summed E-state index contributed by atoms with van der Waals surface area (Å²) in [5.41, 5.74) is 10.9. The van der Waals surface area contributed by atoms with Crippen LogP contribution in [0.5, 0.6) is 11.5 Å². The zero-order valence-corrected chi connectivity index (χ0v) is 10.1. The molecular weight excluding hydrogens is 238 g/mol. The van der Waals surface area contributed by atoms with Crippen LogP contribution in [0.3, 0.4) is 0 Å². The van der Waals surface area contributed by atoms with Crippen LogP contribution in [-0.4, -0.2) is 25.2 Å². The minimum atomic E-state index is -0.931. The fourth-order valence-electron chi connectivity index (χ4n) is 1.25. The number of carbonyl (C=O) groups excluding carboxylic acids is 2. The lowest BCUT2D eigenvalue weighted by molar-refractivity contribution is -0.126. The molecule has 0 radical (unpaired) electrons. The number of benzene rings is 1.